The number of anilines is 3. The number of nitrogens with zero attached hydrogens (tertiary/aromatic N) is 4. The summed E-state index contributed by atoms with van der Waals surface area (Å²) in [5.74, 6) is 0.595. The van der Waals surface area contributed by atoms with Gasteiger partial charge in [-0.2, -0.15) is 0 Å². The van der Waals surface area contributed by atoms with Crippen LogP contribution in [-0.4, -0.2) is 60.7 Å². The summed E-state index contributed by atoms with van der Waals surface area (Å²) in [6.45, 7) is 4.01. The number of hydrogen-bond donors (Lipinski definition) is 1. The minimum atomic E-state index is -0.194. The molecule has 30 heavy (non-hydrogen) atoms. The smallest absolute Gasteiger partial charge is 0.249 e. The lowest BCUT2D eigenvalue weighted by molar-refractivity contribution is -0.111. The summed E-state index contributed by atoms with van der Waals surface area (Å²) in [5.41, 5.74) is 1.73. The van der Waals surface area contributed by atoms with E-state index in [1.54, 1.807) is 6.08 Å². The van der Waals surface area contributed by atoms with Gasteiger partial charge in [-0.25, -0.2) is 9.97 Å². The Morgan fingerprint density at radius 1 is 1.23 bits per heavy atom. The fourth-order valence-corrected chi connectivity index (χ4v) is 4.05. The molecule has 0 spiro atoms. The van der Waals surface area contributed by atoms with Crippen molar-refractivity contribution >= 4 is 55.8 Å². The third-order valence-electron chi connectivity index (χ3n) is 4.77. The fourth-order valence-electron chi connectivity index (χ4n) is 3.08. The molecule has 156 valence electrons. The highest BCUT2D eigenvalue weighted by atomic mass is 35.5. The number of amides is 1. The predicted octanol–water partition coefficient (Wildman–Crippen LogP) is 3.94. The normalized spacial score (nSPS) is 15.0. The lowest BCUT2D eigenvalue weighted by Crippen LogP contribution is -2.36. The van der Waals surface area contributed by atoms with E-state index in [0.29, 0.717) is 10.2 Å². The standard InChI is InChI=1S/C21H22ClN5O2S/c1-26(16-6-4-15(22)5-7-16)18-9-8-17-20(24-18)30-21(23-17)25-19(28)3-2-10-27-11-13-29-14-12-27/h2-9H,10-14H2,1H3,(H,23,25,28)/b3-2+. The molecular weight excluding hydrogens is 422 g/mol. The molecule has 1 N–H and O–H groups in total. The van der Waals surface area contributed by atoms with Gasteiger partial charge < -0.3 is 9.64 Å². The lowest BCUT2D eigenvalue weighted by atomic mass is 10.3. The molecule has 1 aliphatic rings. The summed E-state index contributed by atoms with van der Waals surface area (Å²) in [6, 6.07) is 11.4. The van der Waals surface area contributed by atoms with E-state index >= 15 is 0 Å². The molecule has 1 saturated heterocycles. The first kappa shape index (κ1) is 20.7. The SMILES string of the molecule is CN(c1ccc(Cl)cc1)c1ccc2nc(NC(=O)/C=C/CN3CCOCC3)sc2n1. The Kier molecular flexibility index (Phi) is 6.59. The van der Waals surface area contributed by atoms with Gasteiger partial charge in [0.15, 0.2) is 5.13 Å². The van der Waals surface area contributed by atoms with Gasteiger partial charge in [-0.3, -0.25) is 15.0 Å². The van der Waals surface area contributed by atoms with Crippen LogP contribution in [0.25, 0.3) is 10.3 Å². The summed E-state index contributed by atoms with van der Waals surface area (Å²) in [5, 5.41) is 4.05. The number of fused-ring (bicyclic) bond motifs is 1. The van der Waals surface area contributed by atoms with Crippen molar-refractivity contribution in [1.29, 1.82) is 0 Å². The maximum absolute atomic E-state index is 12.2. The zero-order valence-electron chi connectivity index (χ0n) is 16.5. The maximum atomic E-state index is 12.2. The molecule has 2 aromatic heterocycles. The van der Waals surface area contributed by atoms with Gasteiger partial charge >= 0.3 is 0 Å². The average molecular weight is 444 g/mol. The Morgan fingerprint density at radius 2 is 2.00 bits per heavy atom. The monoisotopic (exact) mass is 443 g/mol. The molecule has 1 aromatic carbocycles. The first-order chi connectivity index (χ1) is 14.6. The third kappa shape index (κ3) is 5.14. The van der Waals surface area contributed by atoms with Crippen molar-refractivity contribution in [2.45, 2.75) is 0 Å². The molecule has 0 radical (unpaired) electrons. The van der Waals surface area contributed by atoms with Crippen molar-refractivity contribution in [2.24, 2.45) is 0 Å². The summed E-state index contributed by atoms with van der Waals surface area (Å²) in [7, 11) is 1.94. The van der Waals surface area contributed by atoms with Crippen LogP contribution in [0.5, 0.6) is 0 Å². The van der Waals surface area contributed by atoms with Crippen LogP contribution in [0.4, 0.5) is 16.6 Å². The van der Waals surface area contributed by atoms with Gasteiger partial charge in [0.1, 0.15) is 16.2 Å². The number of rotatable bonds is 6. The van der Waals surface area contributed by atoms with Crippen LogP contribution in [0.15, 0.2) is 48.6 Å². The second-order valence-corrected chi connectivity index (χ2v) is 8.27. The number of halogens is 1. The lowest BCUT2D eigenvalue weighted by Gasteiger charge is -2.24. The molecule has 7 nitrogen and oxygen atoms in total. The molecule has 9 heteroatoms. The molecule has 4 rings (SSSR count). The molecule has 1 aliphatic heterocycles. The zero-order chi connectivity index (χ0) is 20.9. The van der Waals surface area contributed by atoms with E-state index < -0.39 is 0 Å². The summed E-state index contributed by atoms with van der Waals surface area (Å²) in [6.07, 6.45) is 3.42. The highest BCUT2D eigenvalue weighted by Crippen LogP contribution is 2.29. The molecule has 0 bridgehead atoms. The Labute approximate surface area is 183 Å². The van der Waals surface area contributed by atoms with Gasteiger partial charge in [0, 0.05) is 43.5 Å². The number of benzene rings is 1. The molecule has 0 unspecified atom stereocenters. The van der Waals surface area contributed by atoms with E-state index in [0.717, 1.165) is 54.7 Å². The van der Waals surface area contributed by atoms with E-state index in [2.05, 4.69) is 20.2 Å². The molecule has 1 fully saturated rings. The van der Waals surface area contributed by atoms with Crippen LogP contribution >= 0.6 is 22.9 Å². The minimum absolute atomic E-state index is 0.194. The maximum Gasteiger partial charge on any atom is 0.249 e. The topological polar surface area (TPSA) is 70.6 Å². The van der Waals surface area contributed by atoms with Crippen LogP contribution in [0.1, 0.15) is 0 Å². The second kappa shape index (κ2) is 9.53. The molecular formula is C21H22ClN5O2S. The quantitative estimate of drug-likeness (QED) is 0.582. The van der Waals surface area contributed by atoms with E-state index in [1.807, 2.05) is 54.4 Å². The third-order valence-corrected chi connectivity index (χ3v) is 5.90. The molecule has 3 aromatic rings. The minimum Gasteiger partial charge on any atom is -0.379 e. The summed E-state index contributed by atoms with van der Waals surface area (Å²) in [4.78, 5) is 26.3. The van der Waals surface area contributed by atoms with Gasteiger partial charge in [-0.15, -0.1) is 0 Å². The first-order valence-corrected chi connectivity index (χ1v) is 10.8. The number of thiazole rings is 1. The van der Waals surface area contributed by atoms with Gasteiger partial charge in [0.05, 0.1) is 13.2 Å². The second-order valence-electron chi connectivity index (χ2n) is 6.85. The Balaban J connectivity index is 1.40. The van der Waals surface area contributed by atoms with E-state index in [-0.39, 0.29) is 5.91 Å². The molecule has 1 amide bonds. The van der Waals surface area contributed by atoms with Crippen molar-refractivity contribution in [3.05, 3.63) is 53.6 Å². The van der Waals surface area contributed by atoms with Crippen LogP contribution in [0.3, 0.4) is 0 Å². The Bertz CT molecular complexity index is 1050. The Hall–Kier alpha value is -2.52. The van der Waals surface area contributed by atoms with Gasteiger partial charge in [-0.05, 0) is 36.4 Å². The van der Waals surface area contributed by atoms with Crippen molar-refractivity contribution in [1.82, 2.24) is 14.9 Å². The first-order valence-electron chi connectivity index (χ1n) is 9.63. The highest BCUT2D eigenvalue weighted by molar-refractivity contribution is 7.22. The number of hydrogen-bond acceptors (Lipinski definition) is 7. The highest BCUT2D eigenvalue weighted by Gasteiger charge is 2.12. The van der Waals surface area contributed by atoms with E-state index in [9.17, 15) is 4.79 Å². The van der Waals surface area contributed by atoms with Crippen molar-refractivity contribution in [3.8, 4) is 0 Å². The van der Waals surface area contributed by atoms with Crippen molar-refractivity contribution in [2.75, 3.05) is 50.1 Å². The molecule has 0 aliphatic carbocycles. The van der Waals surface area contributed by atoms with Crippen LogP contribution in [-0.2, 0) is 9.53 Å². The number of nitrogens with one attached hydrogen (secondary N) is 1. The van der Waals surface area contributed by atoms with Crippen LogP contribution < -0.4 is 10.2 Å². The van der Waals surface area contributed by atoms with E-state index in [4.69, 9.17) is 16.3 Å². The number of pyridine rings is 1. The van der Waals surface area contributed by atoms with Crippen LogP contribution in [0.2, 0.25) is 5.02 Å². The number of ether oxygens (including phenoxy) is 1. The summed E-state index contributed by atoms with van der Waals surface area (Å²) >= 11 is 7.32. The molecule has 0 saturated carbocycles. The van der Waals surface area contributed by atoms with Gasteiger partial charge in [0.2, 0.25) is 5.91 Å². The van der Waals surface area contributed by atoms with Crippen molar-refractivity contribution in [3.63, 3.8) is 0 Å². The largest absolute Gasteiger partial charge is 0.379 e. The van der Waals surface area contributed by atoms with Gasteiger partial charge in [0.25, 0.3) is 0 Å². The molecule has 0 atom stereocenters. The van der Waals surface area contributed by atoms with Gasteiger partial charge in [-0.1, -0.05) is 29.0 Å². The van der Waals surface area contributed by atoms with Crippen molar-refractivity contribution < 1.29 is 9.53 Å². The summed E-state index contributed by atoms with van der Waals surface area (Å²) < 4.78 is 5.32. The van der Waals surface area contributed by atoms with E-state index in [1.165, 1.54) is 11.3 Å². The Morgan fingerprint density at radius 3 is 2.77 bits per heavy atom. The zero-order valence-corrected chi connectivity index (χ0v) is 18.1. The van der Waals surface area contributed by atoms with Crippen LogP contribution in [0, 0.1) is 0 Å². The molecule has 3 heterocycles. The predicted molar refractivity (Wildman–Crippen MR) is 122 cm³/mol. The number of carbonyl (C=O) groups is 1. The average Bonchev–Trinajstić information content (AvgIpc) is 3.16. The fraction of sp³-hybridized carbons (Fsp3) is 0.286. The number of aromatic nitrogens is 2. The number of carbonyl (C=O) groups excluding carboxylic acids is 1. The number of morpholine rings is 1.